The molecule has 18 heavy (non-hydrogen) atoms. The van der Waals surface area contributed by atoms with Gasteiger partial charge in [0.2, 0.25) is 11.8 Å². The molecular formula is C12H16BrN3O2. The van der Waals surface area contributed by atoms with Gasteiger partial charge in [0.25, 0.3) is 0 Å². The molecule has 0 aromatic heterocycles. The number of hydrogen-bond acceptors (Lipinski definition) is 3. The molecule has 6 heteroatoms. The van der Waals surface area contributed by atoms with E-state index in [0.717, 1.165) is 4.47 Å². The molecule has 0 spiro atoms. The molecule has 5 nitrogen and oxygen atoms in total. The first-order valence-electron chi connectivity index (χ1n) is 5.64. The number of amides is 2. The molecule has 0 fully saturated rings. The molecule has 0 aliphatic rings. The van der Waals surface area contributed by atoms with Crippen molar-refractivity contribution in [2.75, 3.05) is 18.4 Å². The van der Waals surface area contributed by atoms with Crippen LogP contribution >= 0.6 is 15.9 Å². The summed E-state index contributed by atoms with van der Waals surface area (Å²) in [6, 6.07) is 7.21. The molecule has 0 aliphatic heterocycles. The average Bonchev–Trinajstić information content (AvgIpc) is 2.36. The summed E-state index contributed by atoms with van der Waals surface area (Å²) in [4.78, 5) is 22.8. The van der Waals surface area contributed by atoms with Gasteiger partial charge < -0.3 is 16.4 Å². The number of halogens is 1. The summed E-state index contributed by atoms with van der Waals surface area (Å²) in [6.45, 7) is 0.442. The normalized spacial score (nSPS) is 9.89. The van der Waals surface area contributed by atoms with Gasteiger partial charge in [0.1, 0.15) is 0 Å². The Kier molecular flexibility index (Phi) is 6.38. The first kappa shape index (κ1) is 14.7. The van der Waals surface area contributed by atoms with E-state index in [1.165, 1.54) is 0 Å². The van der Waals surface area contributed by atoms with Crippen molar-refractivity contribution in [3.05, 3.63) is 28.7 Å². The summed E-state index contributed by atoms with van der Waals surface area (Å²) >= 11 is 3.31. The van der Waals surface area contributed by atoms with Gasteiger partial charge in [-0.15, -0.1) is 0 Å². The monoisotopic (exact) mass is 313 g/mol. The molecule has 0 heterocycles. The molecule has 0 atom stereocenters. The van der Waals surface area contributed by atoms with Crippen molar-refractivity contribution in [3.8, 4) is 0 Å². The zero-order valence-corrected chi connectivity index (χ0v) is 11.5. The van der Waals surface area contributed by atoms with Crippen LogP contribution in [0, 0.1) is 0 Å². The lowest BCUT2D eigenvalue weighted by Crippen LogP contribution is -2.32. The highest BCUT2D eigenvalue weighted by atomic mass is 79.9. The van der Waals surface area contributed by atoms with Gasteiger partial charge in [-0.2, -0.15) is 0 Å². The quantitative estimate of drug-likeness (QED) is 0.739. The topological polar surface area (TPSA) is 84.2 Å². The fourth-order valence-electron chi connectivity index (χ4n) is 1.27. The number of carbonyl (C=O) groups is 2. The van der Waals surface area contributed by atoms with Gasteiger partial charge >= 0.3 is 0 Å². The first-order valence-corrected chi connectivity index (χ1v) is 6.43. The summed E-state index contributed by atoms with van der Waals surface area (Å²) in [6.07, 6.45) is 0.974. The number of rotatable bonds is 6. The minimum atomic E-state index is -0.251. The second kappa shape index (κ2) is 7.84. The number of carbonyl (C=O) groups excluding carboxylic acids is 2. The van der Waals surface area contributed by atoms with Gasteiger partial charge in [0.05, 0.1) is 6.54 Å². The van der Waals surface area contributed by atoms with E-state index in [2.05, 4.69) is 26.6 Å². The fraction of sp³-hybridized carbons (Fsp3) is 0.333. The number of hydrogen-bond donors (Lipinski definition) is 3. The van der Waals surface area contributed by atoms with Gasteiger partial charge in [0.15, 0.2) is 0 Å². The Balaban J connectivity index is 2.29. The average molecular weight is 314 g/mol. The Morgan fingerprint density at radius 3 is 2.44 bits per heavy atom. The van der Waals surface area contributed by atoms with E-state index in [-0.39, 0.29) is 18.4 Å². The van der Waals surface area contributed by atoms with Crippen LogP contribution in [0.2, 0.25) is 0 Å². The van der Waals surface area contributed by atoms with Gasteiger partial charge in [-0.05, 0) is 37.2 Å². The van der Waals surface area contributed by atoms with Crippen LogP contribution in [0.5, 0.6) is 0 Å². The minimum absolute atomic E-state index is 0.0283. The number of benzene rings is 1. The van der Waals surface area contributed by atoms with Crippen molar-refractivity contribution in [1.82, 2.24) is 5.32 Å². The molecule has 0 aliphatic carbocycles. The maximum atomic E-state index is 11.5. The van der Waals surface area contributed by atoms with Gasteiger partial charge in [-0.1, -0.05) is 15.9 Å². The molecule has 98 valence electrons. The second-order valence-electron chi connectivity index (χ2n) is 3.72. The lowest BCUT2D eigenvalue weighted by molar-refractivity contribution is -0.124. The molecule has 0 saturated carbocycles. The van der Waals surface area contributed by atoms with E-state index < -0.39 is 0 Å². The van der Waals surface area contributed by atoms with Gasteiger partial charge in [-0.25, -0.2) is 0 Å². The molecule has 4 N–H and O–H groups in total. The zero-order chi connectivity index (χ0) is 13.4. The number of nitrogens with two attached hydrogens (primary N) is 1. The third-order valence-electron chi connectivity index (χ3n) is 2.18. The van der Waals surface area contributed by atoms with Crippen molar-refractivity contribution in [3.63, 3.8) is 0 Å². The fourth-order valence-corrected chi connectivity index (χ4v) is 1.53. The van der Waals surface area contributed by atoms with Crippen LogP contribution in [0.3, 0.4) is 0 Å². The van der Waals surface area contributed by atoms with Crippen LogP contribution in [-0.2, 0) is 9.59 Å². The van der Waals surface area contributed by atoms with Crippen LogP contribution in [0.15, 0.2) is 28.7 Å². The molecule has 0 bridgehead atoms. The van der Waals surface area contributed by atoms with Crippen molar-refractivity contribution in [2.45, 2.75) is 12.8 Å². The lowest BCUT2D eigenvalue weighted by Gasteiger charge is -2.06. The second-order valence-corrected chi connectivity index (χ2v) is 4.64. The van der Waals surface area contributed by atoms with E-state index in [9.17, 15) is 9.59 Å². The standard InChI is InChI=1S/C12H16BrN3O2/c13-9-3-5-10(6-4-9)16-12(18)8-15-11(17)2-1-7-14/h3-6H,1-2,7-8,14H2,(H,15,17)(H,16,18). The predicted octanol–water partition coefficient (Wildman–Crippen LogP) is 1.24. The van der Waals surface area contributed by atoms with Crippen LogP contribution < -0.4 is 16.4 Å². The van der Waals surface area contributed by atoms with Crippen LogP contribution in [0.4, 0.5) is 5.69 Å². The maximum Gasteiger partial charge on any atom is 0.243 e. The summed E-state index contributed by atoms with van der Waals surface area (Å²) in [5.41, 5.74) is 5.98. The summed E-state index contributed by atoms with van der Waals surface area (Å²) in [7, 11) is 0. The highest BCUT2D eigenvalue weighted by molar-refractivity contribution is 9.10. The lowest BCUT2D eigenvalue weighted by atomic mass is 10.3. The largest absolute Gasteiger partial charge is 0.347 e. The van der Waals surface area contributed by atoms with Gasteiger partial charge in [-0.3, -0.25) is 9.59 Å². The highest BCUT2D eigenvalue weighted by Gasteiger charge is 2.05. The van der Waals surface area contributed by atoms with Crippen molar-refractivity contribution in [1.29, 1.82) is 0 Å². The van der Waals surface area contributed by atoms with Crippen LogP contribution in [0.25, 0.3) is 0 Å². The molecule has 0 unspecified atom stereocenters. The smallest absolute Gasteiger partial charge is 0.243 e. The molecule has 1 aromatic carbocycles. The molecule has 1 aromatic rings. The molecule has 0 radical (unpaired) electrons. The van der Waals surface area contributed by atoms with E-state index >= 15 is 0 Å². The van der Waals surface area contributed by atoms with Gasteiger partial charge in [0, 0.05) is 16.6 Å². The first-order chi connectivity index (χ1) is 8.61. The Morgan fingerprint density at radius 2 is 1.83 bits per heavy atom. The predicted molar refractivity (Wildman–Crippen MR) is 74.1 cm³/mol. The van der Waals surface area contributed by atoms with Crippen molar-refractivity contribution < 1.29 is 9.59 Å². The maximum absolute atomic E-state index is 11.5. The SMILES string of the molecule is NCCCC(=O)NCC(=O)Nc1ccc(Br)cc1. The van der Waals surface area contributed by atoms with Crippen molar-refractivity contribution >= 4 is 33.4 Å². The molecular weight excluding hydrogens is 298 g/mol. The summed E-state index contributed by atoms with van der Waals surface area (Å²) in [5, 5.41) is 5.21. The minimum Gasteiger partial charge on any atom is -0.347 e. The highest BCUT2D eigenvalue weighted by Crippen LogP contribution is 2.13. The van der Waals surface area contributed by atoms with E-state index in [1.807, 2.05) is 12.1 Å². The summed E-state index contributed by atoms with van der Waals surface area (Å²) in [5.74, 6) is -0.412. The molecule has 0 saturated heterocycles. The Labute approximate surface area is 114 Å². The molecule has 2 amide bonds. The molecule has 1 rings (SSSR count). The Hall–Kier alpha value is -1.40. The number of anilines is 1. The zero-order valence-electron chi connectivity index (χ0n) is 9.91. The third kappa shape index (κ3) is 5.79. The third-order valence-corrected chi connectivity index (χ3v) is 2.71. The number of nitrogens with one attached hydrogen (secondary N) is 2. The van der Waals surface area contributed by atoms with Crippen LogP contribution in [-0.4, -0.2) is 24.9 Å². The van der Waals surface area contributed by atoms with E-state index in [0.29, 0.717) is 25.1 Å². The Morgan fingerprint density at radius 1 is 1.17 bits per heavy atom. The van der Waals surface area contributed by atoms with E-state index in [1.54, 1.807) is 12.1 Å². The van der Waals surface area contributed by atoms with E-state index in [4.69, 9.17) is 5.73 Å². The van der Waals surface area contributed by atoms with Crippen molar-refractivity contribution in [2.24, 2.45) is 5.73 Å². The van der Waals surface area contributed by atoms with Crippen LogP contribution in [0.1, 0.15) is 12.8 Å². The summed E-state index contributed by atoms with van der Waals surface area (Å²) < 4.78 is 0.940. The Bertz CT molecular complexity index is 406.